The summed E-state index contributed by atoms with van der Waals surface area (Å²) in [4.78, 5) is 38.3. The van der Waals surface area contributed by atoms with Crippen LogP contribution in [0.3, 0.4) is 0 Å². The van der Waals surface area contributed by atoms with Crippen molar-refractivity contribution in [3.8, 4) is 11.1 Å². The Balaban J connectivity index is 1.20. The minimum Gasteiger partial charge on any atom is -0.480 e. The summed E-state index contributed by atoms with van der Waals surface area (Å²) >= 11 is 0. The van der Waals surface area contributed by atoms with Crippen LogP contribution in [0.5, 0.6) is 0 Å². The molecular weight excluding hydrogens is 536 g/mol. The molecule has 2 unspecified atom stereocenters. The average molecular weight is 573 g/mol. The number of rotatable bonds is 11. The first-order valence-electron chi connectivity index (χ1n) is 14.2. The van der Waals surface area contributed by atoms with E-state index in [1.165, 1.54) is 0 Å². The quantitative estimate of drug-likeness (QED) is 0.306. The van der Waals surface area contributed by atoms with Gasteiger partial charge in [0, 0.05) is 19.1 Å². The summed E-state index contributed by atoms with van der Waals surface area (Å²) in [5, 5.41) is 15.3. The highest BCUT2D eigenvalue weighted by atomic mass is 16.5. The van der Waals surface area contributed by atoms with E-state index >= 15 is 0 Å². The molecule has 0 spiro atoms. The van der Waals surface area contributed by atoms with Crippen molar-refractivity contribution < 1.29 is 33.7 Å². The highest BCUT2D eigenvalue weighted by Gasteiger charge is 2.39. The maximum absolute atomic E-state index is 13.2. The molecule has 1 aliphatic carbocycles. The molecule has 42 heavy (non-hydrogen) atoms. The average Bonchev–Trinajstić information content (AvgIpc) is 3.32. The largest absolute Gasteiger partial charge is 0.480 e. The van der Waals surface area contributed by atoms with Crippen LogP contribution in [0.4, 0.5) is 4.79 Å². The van der Waals surface area contributed by atoms with Crippen LogP contribution < -0.4 is 10.6 Å². The number of hydrogen-bond donors (Lipinski definition) is 3. The summed E-state index contributed by atoms with van der Waals surface area (Å²) in [6.07, 6.45) is -0.742. The number of alkyl carbamates (subject to hydrolysis) is 1. The van der Waals surface area contributed by atoms with E-state index in [2.05, 4.69) is 34.9 Å². The lowest BCUT2D eigenvalue weighted by Crippen LogP contribution is -2.56. The maximum atomic E-state index is 13.2. The van der Waals surface area contributed by atoms with Crippen molar-refractivity contribution in [1.29, 1.82) is 0 Å². The topological polar surface area (TPSA) is 123 Å². The summed E-state index contributed by atoms with van der Waals surface area (Å²) in [5.41, 5.74) is 4.45. The Labute approximate surface area is 245 Å². The van der Waals surface area contributed by atoms with Gasteiger partial charge in [0.2, 0.25) is 5.91 Å². The lowest BCUT2D eigenvalue weighted by Gasteiger charge is -2.37. The maximum Gasteiger partial charge on any atom is 0.407 e. The van der Waals surface area contributed by atoms with Crippen molar-refractivity contribution in [3.63, 3.8) is 0 Å². The molecule has 9 nitrogen and oxygen atoms in total. The standard InChI is InChI=1S/C33H36N2O7/c1-22(41-20-23-9-3-2-4-10-23)30(31(37)38)34-29(36)19-33(15-17-40-18-16-33)35-32(39)42-21-28-26-13-7-5-11-24(26)25-12-6-8-14-27(25)28/h2-14,22,28,30H,15-21H2,1H3,(H,34,36)(H,35,39)(H,37,38). The van der Waals surface area contributed by atoms with E-state index in [1.807, 2.05) is 54.6 Å². The first-order valence-corrected chi connectivity index (χ1v) is 14.2. The number of nitrogens with one attached hydrogen (secondary N) is 2. The Kier molecular flexibility index (Phi) is 9.19. The summed E-state index contributed by atoms with van der Waals surface area (Å²) in [5.74, 6) is -1.79. The minimum absolute atomic E-state index is 0.0919. The molecule has 1 saturated heterocycles. The van der Waals surface area contributed by atoms with Gasteiger partial charge in [0.25, 0.3) is 0 Å². The molecule has 2 atom stereocenters. The molecule has 2 aliphatic rings. The third-order valence-electron chi connectivity index (χ3n) is 8.07. The van der Waals surface area contributed by atoms with Crippen LogP contribution in [-0.4, -0.2) is 60.6 Å². The van der Waals surface area contributed by atoms with Crippen LogP contribution in [0.1, 0.15) is 48.8 Å². The van der Waals surface area contributed by atoms with Crippen molar-refractivity contribution in [2.24, 2.45) is 0 Å². The zero-order valence-electron chi connectivity index (χ0n) is 23.6. The van der Waals surface area contributed by atoms with Gasteiger partial charge in [-0.2, -0.15) is 0 Å². The van der Waals surface area contributed by atoms with Crippen molar-refractivity contribution in [3.05, 3.63) is 95.6 Å². The fraction of sp³-hybridized carbons (Fsp3) is 0.364. The van der Waals surface area contributed by atoms with E-state index in [0.717, 1.165) is 27.8 Å². The number of carbonyl (C=O) groups excluding carboxylic acids is 2. The van der Waals surface area contributed by atoms with Crippen molar-refractivity contribution in [2.75, 3.05) is 19.8 Å². The van der Waals surface area contributed by atoms with Gasteiger partial charge >= 0.3 is 12.1 Å². The third kappa shape index (κ3) is 6.80. The van der Waals surface area contributed by atoms with Crippen LogP contribution in [0.15, 0.2) is 78.9 Å². The molecule has 0 radical (unpaired) electrons. The summed E-state index contributed by atoms with van der Waals surface area (Å²) in [7, 11) is 0. The van der Waals surface area contributed by atoms with Crippen molar-refractivity contribution >= 4 is 18.0 Å². The molecule has 9 heteroatoms. The number of benzene rings is 3. The van der Waals surface area contributed by atoms with E-state index in [0.29, 0.717) is 26.1 Å². The van der Waals surface area contributed by atoms with Crippen molar-refractivity contribution in [2.45, 2.75) is 56.4 Å². The molecule has 3 aromatic rings. The van der Waals surface area contributed by atoms with Crippen molar-refractivity contribution in [1.82, 2.24) is 10.6 Å². The first-order chi connectivity index (χ1) is 20.3. The van der Waals surface area contributed by atoms with E-state index in [1.54, 1.807) is 6.92 Å². The molecule has 2 amide bonds. The summed E-state index contributed by atoms with van der Waals surface area (Å²) in [6.45, 7) is 2.69. The number of aliphatic carboxylic acids is 1. The highest BCUT2D eigenvalue weighted by molar-refractivity contribution is 5.85. The van der Waals surface area contributed by atoms with E-state index in [-0.39, 0.29) is 25.6 Å². The molecule has 0 saturated carbocycles. The summed E-state index contributed by atoms with van der Waals surface area (Å²) < 4.78 is 17.0. The fourth-order valence-electron chi connectivity index (χ4n) is 5.77. The number of hydrogen-bond acceptors (Lipinski definition) is 6. The zero-order valence-corrected chi connectivity index (χ0v) is 23.6. The van der Waals surface area contributed by atoms with Gasteiger partial charge in [0.05, 0.1) is 24.7 Å². The monoisotopic (exact) mass is 572 g/mol. The minimum atomic E-state index is -1.26. The normalized spacial score (nSPS) is 16.9. The van der Waals surface area contributed by atoms with Gasteiger partial charge in [-0.1, -0.05) is 78.9 Å². The second-order valence-corrected chi connectivity index (χ2v) is 10.9. The number of carboxylic acids is 1. The Morgan fingerprint density at radius 2 is 1.52 bits per heavy atom. The lowest BCUT2D eigenvalue weighted by atomic mass is 9.86. The Hall–Kier alpha value is -4.21. The first kappa shape index (κ1) is 29.3. The lowest BCUT2D eigenvalue weighted by molar-refractivity contribution is -0.147. The SMILES string of the molecule is CC(OCc1ccccc1)C(NC(=O)CC1(NC(=O)OCC2c3ccccc3-c3ccccc32)CCOCC1)C(=O)O. The molecule has 1 fully saturated rings. The molecule has 3 aromatic carbocycles. The van der Waals surface area contributed by atoms with E-state index in [4.69, 9.17) is 14.2 Å². The van der Waals surface area contributed by atoms with Crippen LogP contribution in [0, 0.1) is 0 Å². The number of ether oxygens (including phenoxy) is 3. The number of fused-ring (bicyclic) bond motifs is 3. The van der Waals surface area contributed by atoms with Gasteiger partial charge < -0.3 is 30.0 Å². The smallest absolute Gasteiger partial charge is 0.407 e. The molecule has 220 valence electrons. The van der Waals surface area contributed by atoms with Crippen LogP contribution in [0.25, 0.3) is 11.1 Å². The van der Waals surface area contributed by atoms with E-state index < -0.39 is 35.7 Å². The fourth-order valence-corrected chi connectivity index (χ4v) is 5.77. The zero-order chi connectivity index (χ0) is 29.5. The Morgan fingerprint density at radius 1 is 0.929 bits per heavy atom. The molecule has 3 N–H and O–H groups in total. The second-order valence-electron chi connectivity index (χ2n) is 10.9. The van der Waals surface area contributed by atoms with E-state index in [9.17, 15) is 19.5 Å². The van der Waals surface area contributed by atoms with Gasteiger partial charge in [-0.25, -0.2) is 9.59 Å². The van der Waals surface area contributed by atoms with Gasteiger partial charge in [-0.3, -0.25) is 4.79 Å². The van der Waals surface area contributed by atoms with Gasteiger partial charge in [0.15, 0.2) is 6.04 Å². The Bertz CT molecular complexity index is 1360. The summed E-state index contributed by atoms with van der Waals surface area (Å²) in [6, 6.07) is 24.3. The number of amides is 2. The highest BCUT2D eigenvalue weighted by Crippen LogP contribution is 2.44. The Morgan fingerprint density at radius 3 is 2.14 bits per heavy atom. The predicted octanol–water partition coefficient (Wildman–Crippen LogP) is 4.64. The number of carboxylic acid groups (broad SMARTS) is 1. The van der Waals surface area contributed by atoms with Gasteiger partial charge in [0.1, 0.15) is 6.61 Å². The van der Waals surface area contributed by atoms with Crippen LogP contribution in [0.2, 0.25) is 0 Å². The van der Waals surface area contributed by atoms with Gasteiger partial charge in [-0.15, -0.1) is 0 Å². The predicted molar refractivity (Wildman–Crippen MR) is 156 cm³/mol. The second kappa shape index (κ2) is 13.2. The molecule has 1 aliphatic heterocycles. The van der Waals surface area contributed by atoms with Crippen LogP contribution in [-0.2, 0) is 30.4 Å². The van der Waals surface area contributed by atoms with Crippen LogP contribution >= 0.6 is 0 Å². The molecule has 5 rings (SSSR count). The molecule has 0 bridgehead atoms. The molecular formula is C33H36N2O7. The third-order valence-corrected chi connectivity index (χ3v) is 8.07. The number of carbonyl (C=O) groups is 3. The molecule has 1 heterocycles. The van der Waals surface area contributed by atoms with Gasteiger partial charge in [-0.05, 0) is 47.6 Å². The molecule has 0 aromatic heterocycles.